The molecule has 0 saturated carbocycles. The van der Waals surface area contributed by atoms with Crippen LogP contribution in [-0.4, -0.2) is 28.6 Å². The largest absolute Gasteiger partial charge is 0.386 e. The normalized spacial score (nSPS) is 12.8. The molecule has 0 amide bonds. The molecular formula is C12H15ClN2O2S. The predicted octanol–water partition coefficient (Wildman–Crippen LogP) is 2.52. The number of aliphatic hydroxyl groups excluding tert-OH is 1. The number of aliphatic hydroxyl groups is 1. The van der Waals surface area contributed by atoms with Crippen LogP contribution in [0.5, 0.6) is 0 Å². The van der Waals surface area contributed by atoms with Crippen molar-refractivity contribution in [2.24, 2.45) is 0 Å². The van der Waals surface area contributed by atoms with Crippen molar-refractivity contribution in [3.05, 3.63) is 39.3 Å². The molecular weight excluding hydrogens is 272 g/mol. The van der Waals surface area contributed by atoms with Gasteiger partial charge < -0.3 is 9.84 Å². The second kappa shape index (κ2) is 6.33. The summed E-state index contributed by atoms with van der Waals surface area (Å²) in [6, 6.07) is 2.00. The van der Waals surface area contributed by atoms with Crippen molar-refractivity contribution in [1.29, 1.82) is 0 Å². The summed E-state index contributed by atoms with van der Waals surface area (Å²) < 4.78 is 6.71. The second-order valence-corrected chi connectivity index (χ2v) is 5.13. The van der Waals surface area contributed by atoms with Crippen LogP contribution < -0.4 is 0 Å². The van der Waals surface area contributed by atoms with Crippen molar-refractivity contribution in [2.75, 3.05) is 13.7 Å². The van der Waals surface area contributed by atoms with Gasteiger partial charge in [-0.25, -0.2) is 0 Å². The highest BCUT2D eigenvalue weighted by Crippen LogP contribution is 2.26. The van der Waals surface area contributed by atoms with Crippen LogP contribution in [0.3, 0.4) is 0 Å². The molecule has 0 aliphatic carbocycles. The number of nitrogens with zero attached hydrogens (tertiary/aromatic N) is 2. The van der Waals surface area contributed by atoms with E-state index in [1.807, 2.05) is 16.8 Å². The number of hydrogen-bond acceptors (Lipinski definition) is 4. The van der Waals surface area contributed by atoms with E-state index in [9.17, 15) is 5.11 Å². The molecule has 0 radical (unpaired) electrons. The van der Waals surface area contributed by atoms with Gasteiger partial charge >= 0.3 is 0 Å². The van der Waals surface area contributed by atoms with Crippen molar-refractivity contribution in [3.8, 4) is 0 Å². The van der Waals surface area contributed by atoms with E-state index in [0.29, 0.717) is 30.3 Å². The van der Waals surface area contributed by atoms with Crippen molar-refractivity contribution >= 4 is 22.9 Å². The van der Waals surface area contributed by atoms with Gasteiger partial charge in [0.1, 0.15) is 6.10 Å². The summed E-state index contributed by atoms with van der Waals surface area (Å²) >= 11 is 7.69. The Labute approximate surface area is 115 Å². The van der Waals surface area contributed by atoms with Crippen LogP contribution in [0, 0.1) is 0 Å². The first-order valence-electron chi connectivity index (χ1n) is 5.61. The minimum absolute atomic E-state index is 0.494. The van der Waals surface area contributed by atoms with Crippen LogP contribution in [0.2, 0.25) is 5.02 Å². The minimum atomic E-state index is -0.647. The Morgan fingerprint density at radius 3 is 3.11 bits per heavy atom. The highest BCUT2D eigenvalue weighted by atomic mass is 35.5. The van der Waals surface area contributed by atoms with Crippen LogP contribution in [0.4, 0.5) is 0 Å². The number of rotatable bonds is 6. The SMILES string of the molecule is COCCn1ncc(Cl)c1C(O)Cc1ccsc1. The fourth-order valence-electron chi connectivity index (χ4n) is 1.79. The fraction of sp³-hybridized carbons (Fsp3) is 0.417. The Bertz CT molecular complexity index is 484. The second-order valence-electron chi connectivity index (χ2n) is 3.95. The molecule has 6 heteroatoms. The summed E-state index contributed by atoms with van der Waals surface area (Å²) in [5, 5.41) is 18.9. The maximum Gasteiger partial charge on any atom is 0.101 e. The molecule has 0 fully saturated rings. The smallest absolute Gasteiger partial charge is 0.101 e. The summed E-state index contributed by atoms with van der Waals surface area (Å²) in [7, 11) is 1.63. The highest BCUT2D eigenvalue weighted by molar-refractivity contribution is 7.07. The van der Waals surface area contributed by atoms with Crippen LogP contribution in [0.15, 0.2) is 23.0 Å². The maximum atomic E-state index is 10.3. The van der Waals surface area contributed by atoms with E-state index in [-0.39, 0.29) is 0 Å². The van der Waals surface area contributed by atoms with Crippen LogP contribution >= 0.6 is 22.9 Å². The van der Waals surface area contributed by atoms with E-state index in [1.54, 1.807) is 29.3 Å². The van der Waals surface area contributed by atoms with Crippen LogP contribution in [-0.2, 0) is 17.7 Å². The molecule has 0 aromatic carbocycles. The number of aromatic nitrogens is 2. The fourth-order valence-corrected chi connectivity index (χ4v) is 2.74. The first kappa shape index (κ1) is 13.5. The van der Waals surface area contributed by atoms with E-state index in [2.05, 4.69) is 5.10 Å². The van der Waals surface area contributed by atoms with E-state index >= 15 is 0 Å². The lowest BCUT2D eigenvalue weighted by Gasteiger charge is -2.13. The monoisotopic (exact) mass is 286 g/mol. The first-order chi connectivity index (χ1) is 8.72. The molecule has 4 nitrogen and oxygen atoms in total. The van der Waals surface area contributed by atoms with Gasteiger partial charge in [-0.3, -0.25) is 4.68 Å². The maximum absolute atomic E-state index is 10.3. The molecule has 98 valence electrons. The van der Waals surface area contributed by atoms with E-state index < -0.39 is 6.10 Å². The average molecular weight is 287 g/mol. The lowest BCUT2D eigenvalue weighted by Crippen LogP contribution is -2.14. The van der Waals surface area contributed by atoms with E-state index in [1.165, 1.54) is 0 Å². The molecule has 0 saturated heterocycles. The third-order valence-electron chi connectivity index (χ3n) is 2.67. The Morgan fingerprint density at radius 1 is 1.61 bits per heavy atom. The first-order valence-corrected chi connectivity index (χ1v) is 6.93. The zero-order chi connectivity index (χ0) is 13.0. The van der Waals surface area contributed by atoms with Gasteiger partial charge in [0, 0.05) is 13.5 Å². The molecule has 1 atom stereocenters. The highest BCUT2D eigenvalue weighted by Gasteiger charge is 2.18. The number of halogens is 1. The summed E-state index contributed by atoms with van der Waals surface area (Å²) in [4.78, 5) is 0. The van der Waals surface area contributed by atoms with Gasteiger partial charge in [-0.2, -0.15) is 16.4 Å². The molecule has 0 aliphatic heterocycles. The molecule has 2 rings (SSSR count). The number of methoxy groups -OCH3 is 1. The molecule has 2 aromatic heterocycles. The zero-order valence-corrected chi connectivity index (χ0v) is 11.6. The molecule has 1 N–H and O–H groups in total. The lowest BCUT2D eigenvalue weighted by atomic mass is 10.1. The van der Waals surface area contributed by atoms with Gasteiger partial charge in [0.15, 0.2) is 0 Å². The van der Waals surface area contributed by atoms with Gasteiger partial charge in [-0.05, 0) is 22.4 Å². The average Bonchev–Trinajstić information content (AvgIpc) is 2.96. The lowest BCUT2D eigenvalue weighted by molar-refractivity contribution is 0.153. The van der Waals surface area contributed by atoms with Gasteiger partial charge in [0.25, 0.3) is 0 Å². The Kier molecular flexibility index (Phi) is 4.77. The molecule has 1 unspecified atom stereocenters. The summed E-state index contributed by atoms with van der Waals surface area (Å²) in [5.41, 5.74) is 1.75. The quantitative estimate of drug-likeness (QED) is 0.888. The standard InChI is InChI=1S/C12H15ClN2O2S/c1-17-4-3-15-12(10(13)7-14-15)11(16)6-9-2-5-18-8-9/h2,5,7-8,11,16H,3-4,6H2,1H3. The van der Waals surface area contributed by atoms with Crippen molar-refractivity contribution in [3.63, 3.8) is 0 Å². The van der Waals surface area contributed by atoms with Gasteiger partial charge in [0.05, 0.1) is 30.1 Å². The third kappa shape index (κ3) is 3.11. The third-order valence-corrected chi connectivity index (χ3v) is 3.69. The summed E-state index contributed by atoms with van der Waals surface area (Å²) in [5.74, 6) is 0. The number of hydrogen-bond donors (Lipinski definition) is 1. The van der Waals surface area contributed by atoms with E-state index in [0.717, 1.165) is 5.56 Å². The Balaban J connectivity index is 2.13. The van der Waals surface area contributed by atoms with Crippen LogP contribution in [0.1, 0.15) is 17.4 Å². The Hall–Kier alpha value is -0.880. The van der Waals surface area contributed by atoms with Crippen LogP contribution in [0.25, 0.3) is 0 Å². The molecule has 18 heavy (non-hydrogen) atoms. The molecule has 0 aliphatic rings. The van der Waals surface area contributed by atoms with E-state index in [4.69, 9.17) is 16.3 Å². The predicted molar refractivity (Wildman–Crippen MR) is 72.1 cm³/mol. The molecule has 0 bridgehead atoms. The number of ether oxygens (including phenoxy) is 1. The van der Waals surface area contributed by atoms with Crippen molar-refractivity contribution in [2.45, 2.75) is 19.1 Å². The van der Waals surface area contributed by atoms with Crippen molar-refractivity contribution in [1.82, 2.24) is 9.78 Å². The van der Waals surface area contributed by atoms with Gasteiger partial charge in [0.2, 0.25) is 0 Å². The molecule has 2 heterocycles. The summed E-state index contributed by atoms with van der Waals surface area (Å²) in [6.45, 7) is 1.12. The molecule has 0 spiro atoms. The van der Waals surface area contributed by atoms with Gasteiger partial charge in [-0.1, -0.05) is 11.6 Å². The van der Waals surface area contributed by atoms with Crippen molar-refractivity contribution < 1.29 is 9.84 Å². The zero-order valence-electron chi connectivity index (χ0n) is 10.0. The topological polar surface area (TPSA) is 47.3 Å². The van der Waals surface area contributed by atoms with Gasteiger partial charge in [-0.15, -0.1) is 0 Å². The minimum Gasteiger partial charge on any atom is -0.386 e. The summed E-state index contributed by atoms with van der Waals surface area (Å²) in [6.07, 6.45) is 1.46. The number of thiophene rings is 1. The Morgan fingerprint density at radius 2 is 2.44 bits per heavy atom. The molecule has 2 aromatic rings.